The van der Waals surface area contributed by atoms with Crippen molar-refractivity contribution < 1.29 is 9.47 Å². The van der Waals surface area contributed by atoms with Crippen LogP contribution in [0.4, 0.5) is 0 Å². The quantitative estimate of drug-likeness (QED) is 0.811. The highest BCUT2D eigenvalue weighted by Gasteiger charge is 2.05. The van der Waals surface area contributed by atoms with E-state index < -0.39 is 0 Å². The molecule has 1 N–H and O–H groups in total. The van der Waals surface area contributed by atoms with Crippen molar-refractivity contribution in [3.05, 3.63) is 23.8 Å². The zero-order valence-electron chi connectivity index (χ0n) is 10.9. The molecule has 1 aromatic rings. The summed E-state index contributed by atoms with van der Waals surface area (Å²) in [6.07, 6.45) is 2.12. The minimum absolute atomic E-state index is 0.512. The summed E-state index contributed by atoms with van der Waals surface area (Å²) in [6, 6.07) is 6.52. The summed E-state index contributed by atoms with van der Waals surface area (Å²) in [4.78, 5) is 0. The Morgan fingerprint density at radius 2 is 1.94 bits per heavy atom. The molecule has 96 valence electrons. The lowest BCUT2D eigenvalue weighted by atomic mass is 10.2. The largest absolute Gasteiger partial charge is 0.493 e. The van der Waals surface area contributed by atoms with Crippen LogP contribution in [0.1, 0.15) is 12.5 Å². The first-order chi connectivity index (χ1) is 8.21. The first-order valence-electron chi connectivity index (χ1n) is 5.64. The third-order valence-electron chi connectivity index (χ3n) is 2.52. The molecule has 0 saturated carbocycles. The van der Waals surface area contributed by atoms with E-state index in [1.54, 1.807) is 14.2 Å². The highest BCUT2D eigenvalue weighted by Crippen LogP contribution is 2.27. The first kappa shape index (κ1) is 14.2. The molecule has 0 aromatic heterocycles. The first-order valence-corrected chi connectivity index (χ1v) is 7.03. The Kier molecular flexibility index (Phi) is 6.22. The molecule has 0 heterocycles. The van der Waals surface area contributed by atoms with Crippen molar-refractivity contribution in [3.8, 4) is 11.5 Å². The number of thioether (sulfide) groups is 1. The molecule has 1 rings (SSSR count). The van der Waals surface area contributed by atoms with Gasteiger partial charge >= 0.3 is 0 Å². The van der Waals surface area contributed by atoms with Gasteiger partial charge < -0.3 is 14.8 Å². The summed E-state index contributed by atoms with van der Waals surface area (Å²) in [6.45, 7) is 3.04. The van der Waals surface area contributed by atoms with E-state index in [1.807, 2.05) is 23.9 Å². The molecule has 0 fully saturated rings. The molecule has 4 heteroatoms. The molecular formula is C13H21NO2S. The van der Waals surface area contributed by atoms with Crippen LogP contribution in [0.25, 0.3) is 0 Å². The molecular weight excluding hydrogens is 234 g/mol. The van der Waals surface area contributed by atoms with Gasteiger partial charge in [0.25, 0.3) is 0 Å². The molecule has 17 heavy (non-hydrogen) atoms. The van der Waals surface area contributed by atoms with E-state index in [0.717, 1.165) is 23.8 Å². The molecule has 3 nitrogen and oxygen atoms in total. The second-order valence-electron chi connectivity index (χ2n) is 3.93. The number of hydrogen-bond donors (Lipinski definition) is 1. The summed E-state index contributed by atoms with van der Waals surface area (Å²) < 4.78 is 10.5. The van der Waals surface area contributed by atoms with E-state index in [9.17, 15) is 0 Å². The zero-order chi connectivity index (χ0) is 12.7. The number of methoxy groups -OCH3 is 2. The van der Waals surface area contributed by atoms with Crippen LogP contribution in [0.15, 0.2) is 18.2 Å². The molecule has 0 aliphatic carbocycles. The number of rotatable bonds is 7. The molecule has 1 aromatic carbocycles. The third kappa shape index (κ3) is 4.48. The summed E-state index contributed by atoms with van der Waals surface area (Å²) >= 11 is 1.85. The molecule has 0 aliphatic heterocycles. The minimum atomic E-state index is 0.512. The van der Waals surface area contributed by atoms with Gasteiger partial charge in [0.2, 0.25) is 0 Å². The van der Waals surface area contributed by atoms with E-state index in [0.29, 0.717) is 6.04 Å². The fraction of sp³-hybridized carbons (Fsp3) is 0.538. The monoisotopic (exact) mass is 255 g/mol. The van der Waals surface area contributed by atoms with Crippen LogP contribution >= 0.6 is 11.8 Å². The van der Waals surface area contributed by atoms with Gasteiger partial charge in [-0.05, 0) is 30.9 Å². The van der Waals surface area contributed by atoms with Crippen molar-refractivity contribution in [2.45, 2.75) is 19.5 Å². The van der Waals surface area contributed by atoms with E-state index in [-0.39, 0.29) is 0 Å². The minimum Gasteiger partial charge on any atom is -0.493 e. The van der Waals surface area contributed by atoms with Gasteiger partial charge in [0, 0.05) is 18.3 Å². The average molecular weight is 255 g/mol. The topological polar surface area (TPSA) is 30.5 Å². The van der Waals surface area contributed by atoms with Crippen molar-refractivity contribution >= 4 is 11.8 Å². The lowest BCUT2D eigenvalue weighted by Gasteiger charge is -2.14. The molecule has 1 unspecified atom stereocenters. The molecule has 0 spiro atoms. The standard InChI is InChI=1S/C13H21NO2S/c1-10(9-17-4)14-8-11-5-6-12(15-2)13(7-11)16-3/h5-7,10,14H,8-9H2,1-4H3. The summed E-state index contributed by atoms with van der Waals surface area (Å²) in [5, 5.41) is 3.47. The van der Waals surface area contributed by atoms with Crippen LogP contribution in [-0.2, 0) is 6.54 Å². The Balaban J connectivity index is 2.60. The Bertz CT molecular complexity index is 344. The summed E-state index contributed by atoms with van der Waals surface area (Å²) in [5.74, 6) is 2.67. The summed E-state index contributed by atoms with van der Waals surface area (Å²) in [5.41, 5.74) is 1.20. The SMILES string of the molecule is COc1ccc(CNC(C)CSC)cc1OC. The second kappa shape index (κ2) is 7.45. The lowest BCUT2D eigenvalue weighted by molar-refractivity contribution is 0.354. The predicted molar refractivity (Wildman–Crippen MR) is 74.2 cm³/mol. The van der Waals surface area contributed by atoms with Gasteiger partial charge in [-0.25, -0.2) is 0 Å². The predicted octanol–water partition coefficient (Wildman–Crippen LogP) is 2.54. The van der Waals surface area contributed by atoms with Crippen molar-refractivity contribution in [1.29, 1.82) is 0 Å². The van der Waals surface area contributed by atoms with Crippen LogP contribution in [0, 0.1) is 0 Å². The molecule has 0 aliphatic rings. The molecule has 0 radical (unpaired) electrons. The van der Waals surface area contributed by atoms with Crippen LogP contribution in [0.3, 0.4) is 0 Å². The van der Waals surface area contributed by atoms with Gasteiger partial charge in [-0.1, -0.05) is 6.07 Å². The van der Waals surface area contributed by atoms with Crippen LogP contribution in [0.5, 0.6) is 11.5 Å². The number of hydrogen-bond acceptors (Lipinski definition) is 4. The van der Waals surface area contributed by atoms with Crippen molar-refractivity contribution in [1.82, 2.24) is 5.32 Å². The van der Waals surface area contributed by atoms with Crippen LogP contribution in [-0.4, -0.2) is 32.3 Å². The van der Waals surface area contributed by atoms with E-state index in [4.69, 9.17) is 9.47 Å². The number of benzene rings is 1. The van der Waals surface area contributed by atoms with Crippen molar-refractivity contribution in [3.63, 3.8) is 0 Å². The number of ether oxygens (including phenoxy) is 2. The molecule has 1 atom stereocenters. The fourth-order valence-electron chi connectivity index (χ4n) is 1.59. The Morgan fingerprint density at radius 3 is 2.53 bits per heavy atom. The van der Waals surface area contributed by atoms with Gasteiger partial charge in [0.1, 0.15) is 0 Å². The zero-order valence-corrected chi connectivity index (χ0v) is 11.8. The van der Waals surface area contributed by atoms with Crippen LogP contribution < -0.4 is 14.8 Å². The van der Waals surface area contributed by atoms with Gasteiger partial charge in [-0.2, -0.15) is 11.8 Å². The van der Waals surface area contributed by atoms with Gasteiger partial charge in [-0.15, -0.1) is 0 Å². The maximum Gasteiger partial charge on any atom is 0.161 e. The van der Waals surface area contributed by atoms with Crippen molar-refractivity contribution in [2.75, 3.05) is 26.2 Å². The third-order valence-corrected chi connectivity index (χ3v) is 3.35. The second-order valence-corrected chi connectivity index (χ2v) is 4.84. The average Bonchev–Trinajstić information content (AvgIpc) is 2.36. The Labute approximate surface area is 108 Å². The fourth-order valence-corrected chi connectivity index (χ4v) is 2.21. The van der Waals surface area contributed by atoms with E-state index in [1.165, 1.54) is 5.56 Å². The molecule has 0 saturated heterocycles. The number of nitrogens with one attached hydrogen (secondary N) is 1. The highest BCUT2D eigenvalue weighted by atomic mass is 32.2. The Hall–Kier alpha value is -0.870. The van der Waals surface area contributed by atoms with Crippen LogP contribution in [0.2, 0.25) is 0 Å². The Morgan fingerprint density at radius 1 is 1.24 bits per heavy atom. The van der Waals surface area contributed by atoms with Crippen molar-refractivity contribution in [2.24, 2.45) is 0 Å². The highest BCUT2D eigenvalue weighted by molar-refractivity contribution is 7.98. The normalized spacial score (nSPS) is 12.2. The molecule has 0 amide bonds. The maximum absolute atomic E-state index is 5.27. The van der Waals surface area contributed by atoms with Gasteiger partial charge in [0.15, 0.2) is 11.5 Å². The van der Waals surface area contributed by atoms with Gasteiger partial charge in [0.05, 0.1) is 14.2 Å². The lowest BCUT2D eigenvalue weighted by Crippen LogP contribution is -2.27. The smallest absolute Gasteiger partial charge is 0.161 e. The van der Waals surface area contributed by atoms with Gasteiger partial charge in [-0.3, -0.25) is 0 Å². The van der Waals surface area contributed by atoms with E-state index >= 15 is 0 Å². The maximum atomic E-state index is 5.27. The summed E-state index contributed by atoms with van der Waals surface area (Å²) in [7, 11) is 3.31. The van der Waals surface area contributed by atoms with E-state index in [2.05, 4.69) is 24.6 Å². The molecule has 0 bridgehead atoms.